The van der Waals surface area contributed by atoms with Crippen LogP contribution in [0.5, 0.6) is 0 Å². The van der Waals surface area contributed by atoms with Gasteiger partial charge in [0.05, 0.1) is 18.3 Å². The van der Waals surface area contributed by atoms with Gasteiger partial charge in [-0.15, -0.1) is 0 Å². The predicted molar refractivity (Wildman–Crippen MR) is 105 cm³/mol. The van der Waals surface area contributed by atoms with Gasteiger partial charge in [-0.3, -0.25) is 14.3 Å². The number of hydrogen-bond donors (Lipinski definition) is 0. The van der Waals surface area contributed by atoms with Crippen LogP contribution < -0.4 is 0 Å². The molecule has 2 amide bonds. The Kier molecular flexibility index (Phi) is 5.56. The highest BCUT2D eigenvalue weighted by Gasteiger charge is 2.31. The molecular formula is C20H25ClN4O2. The number of halogens is 1. The first-order chi connectivity index (χ1) is 12.8. The number of aromatic nitrogens is 2. The lowest BCUT2D eigenvalue weighted by molar-refractivity contribution is -0.140. The van der Waals surface area contributed by atoms with E-state index in [0.717, 1.165) is 5.56 Å². The van der Waals surface area contributed by atoms with Gasteiger partial charge in [0.2, 0.25) is 5.91 Å². The number of rotatable bonds is 3. The summed E-state index contributed by atoms with van der Waals surface area (Å²) in [5, 5.41) is 4.97. The van der Waals surface area contributed by atoms with E-state index in [1.54, 1.807) is 22.0 Å². The van der Waals surface area contributed by atoms with E-state index in [0.29, 0.717) is 43.3 Å². The standard InChI is InChI=1S/C20H25ClN4O2/c1-20(2,3)19(27)24-10-8-23(9-11-24)18(26)16-12-22-25(14-16)13-15-6-4-5-7-17(15)21/h4-7,12,14H,8-11,13H2,1-3H3. The second-order valence-electron chi connectivity index (χ2n) is 7.85. The Bertz CT molecular complexity index is 833. The Labute approximate surface area is 164 Å². The van der Waals surface area contributed by atoms with E-state index in [1.165, 1.54) is 0 Å². The van der Waals surface area contributed by atoms with Gasteiger partial charge in [0.25, 0.3) is 5.91 Å². The fourth-order valence-electron chi connectivity index (χ4n) is 3.13. The first kappa shape index (κ1) is 19.4. The molecular weight excluding hydrogens is 364 g/mol. The van der Waals surface area contributed by atoms with Gasteiger partial charge in [-0.05, 0) is 11.6 Å². The molecule has 1 aromatic carbocycles. The third-order valence-corrected chi connectivity index (χ3v) is 5.03. The van der Waals surface area contributed by atoms with E-state index < -0.39 is 5.41 Å². The van der Waals surface area contributed by atoms with Gasteiger partial charge >= 0.3 is 0 Å². The third kappa shape index (κ3) is 4.50. The van der Waals surface area contributed by atoms with Crippen molar-refractivity contribution in [2.75, 3.05) is 26.2 Å². The number of carbonyl (C=O) groups excluding carboxylic acids is 2. The van der Waals surface area contributed by atoms with Crippen LogP contribution in [0.1, 0.15) is 36.7 Å². The van der Waals surface area contributed by atoms with E-state index in [1.807, 2.05) is 49.9 Å². The molecule has 7 heteroatoms. The number of benzene rings is 1. The van der Waals surface area contributed by atoms with Crippen LogP contribution in [0.2, 0.25) is 5.02 Å². The predicted octanol–water partition coefficient (Wildman–Crippen LogP) is 2.92. The average molecular weight is 389 g/mol. The van der Waals surface area contributed by atoms with Crippen molar-refractivity contribution in [1.29, 1.82) is 0 Å². The molecule has 27 heavy (non-hydrogen) atoms. The van der Waals surface area contributed by atoms with Crippen LogP contribution in [-0.4, -0.2) is 57.6 Å². The average Bonchev–Trinajstić information content (AvgIpc) is 3.10. The fourth-order valence-corrected chi connectivity index (χ4v) is 3.33. The van der Waals surface area contributed by atoms with E-state index in [-0.39, 0.29) is 11.8 Å². The molecule has 0 bridgehead atoms. The number of nitrogens with zero attached hydrogens (tertiary/aromatic N) is 4. The molecule has 6 nitrogen and oxygen atoms in total. The molecule has 2 heterocycles. The summed E-state index contributed by atoms with van der Waals surface area (Å²) in [6.07, 6.45) is 3.34. The Morgan fingerprint density at radius 3 is 2.33 bits per heavy atom. The summed E-state index contributed by atoms with van der Waals surface area (Å²) in [5.41, 5.74) is 1.11. The number of carbonyl (C=O) groups is 2. The molecule has 0 atom stereocenters. The van der Waals surface area contributed by atoms with E-state index >= 15 is 0 Å². The minimum absolute atomic E-state index is 0.0525. The molecule has 0 unspecified atom stereocenters. The van der Waals surface area contributed by atoms with Gasteiger partial charge in [0.1, 0.15) is 0 Å². The quantitative estimate of drug-likeness (QED) is 0.812. The molecule has 2 aromatic rings. The number of hydrogen-bond acceptors (Lipinski definition) is 3. The summed E-state index contributed by atoms with van der Waals surface area (Å²) in [7, 11) is 0. The normalized spacial score (nSPS) is 15.1. The molecule has 3 rings (SSSR count). The van der Waals surface area contributed by atoms with Crippen LogP contribution in [0.15, 0.2) is 36.7 Å². The van der Waals surface area contributed by atoms with Crippen molar-refractivity contribution in [3.63, 3.8) is 0 Å². The molecule has 1 fully saturated rings. The summed E-state index contributed by atoms with van der Waals surface area (Å²) in [6.45, 7) is 8.47. The second kappa shape index (κ2) is 7.72. The lowest BCUT2D eigenvalue weighted by Gasteiger charge is -2.37. The van der Waals surface area contributed by atoms with Crippen molar-refractivity contribution in [2.24, 2.45) is 5.41 Å². The molecule has 0 saturated carbocycles. The monoisotopic (exact) mass is 388 g/mol. The van der Waals surface area contributed by atoms with Gasteiger partial charge in [-0.2, -0.15) is 5.10 Å². The minimum Gasteiger partial charge on any atom is -0.339 e. The lowest BCUT2D eigenvalue weighted by atomic mass is 9.94. The molecule has 0 spiro atoms. The molecule has 1 saturated heterocycles. The lowest BCUT2D eigenvalue weighted by Crippen LogP contribution is -2.53. The van der Waals surface area contributed by atoms with Gasteiger partial charge in [-0.25, -0.2) is 0 Å². The van der Waals surface area contributed by atoms with Gasteiger partial charge in [0, 0.05) is 42.8 Å². The minimum atomic E-state index is -0.397. The van der Waals surface area contributed by atoms with Gasteiger partial charge in [0.15, 0.2) is 0 Å². The zero-order valence-electron chi connectivity index (χ0n) is 16.0. The molecule has 0 aliphatic carbocycles. The molecule has 0 radical (unpaired) electrons. The maximum atomic E-state index is 12.7. The zero-order chi connectivity index (χ0) is 19.6. The Morgan fingerprint density at radius 2 is 1.70 bits per heavy atom. The van der Waals surface area contributed by atoms with E-state index in [9.17, 15) is 9.59 Å². The van der Waals surface area contributed by atoms with Gasteiger partial charge in [-0.1, -0.05) is 50.6 Å². The van der Waals surface area contributed by atoms with Crippen LogP contribution >= 0.6 is 11.6 Å². The molecule has 1 aliphatic heterocycles. The second-order valence-corrected chi connectivity index (χ2v) is 8.26. The fraction of sp³-hybridized carbons (Fsp3) is 0.450. The van der Waals surface area contributed by atoms with Crippen LogP contribution in [0.4, 0.5) is 0 Å². The van der Waals surface area contributed by atoms with Crippen molar-refractivity contribution in [2.45, 2.75) is 27.3 Å². The highest BCUT2D eigenvalue weighted by Crippen LogP contribution is 2.20. The van der Waals surface area contributed by atoms with Crippen molar-refractivity contribution < 1.29 is 9.59 Å². The largest absolute Gasteiger partial charge is 0.339 e. The number of piperazine rings is 1. The van der Waals surface area contributed by atoms with Gasteiger partial charge < -0.3 is 9.80 Å². The summed E-state index contributed by atoms with van der Waals surface area (Å²) in [4.78, 5) is 28.7. The SMILES string of the molecule is CC(C)(C)C(=O)N1CCN(C(=O)c2cnn(Cc3ccccc3Cl)c2)CC1. The zero-order valence-corrected chi connectivity index (χ0v) is 16.7. The van der Waals surface area contributed by atoms with Crippen molar-refractivity contribution >= 4 is 23.4 Å². The summed E-state index contributed by atoms with van der Waals surface area (Å²) < 4.78 is 1.72. The first-order valence-corrected chi connectivity index (χ1v) is 9.48. The van der Waals surface area contributed by atoms with Crippen molar-refractivity contribution in [1.82, 2.24) is 19.6 Å². The summed E-state index contributed by atoms with van der Waals surface area (Å²) in [5.74, 6) is 0.0745. The molecule has 0 N–H and O–H groups in total. The Morgan fingerprint density at radius 1 is 1.07 bits per heavy atom. The van der Waals surface area contributed by atoms with Crippen LogP contribution in [0, 0.1) is 5.41 Å². The van der Waals surface area contributed by atoms with Crippen LogP contribution in [-0.2, 0) is 11.3 Å². The summed E-state index contributed by atoms with van der Waals surface area (Å²) >= 11 is 6.19. The highest BCUT2D eigenvalue weighted by atomic mass is 35.5. The Balaban J connectivity index is 1.60. The van der Waals surface area contributed by atoms with E-state index in [4.69, 9.17) is 11.6 Å². The van der Waals surface area contributed by atoms with Crippen LogP contribution in [0.25, 0.3) is 0 Å². The van der Waals surface area contributed by atoms with E-state index in [2.05, 4.69) is 5.10 Å². The van der Waals surface area contributed by atoms with Crippen LogP contribution in [0.3, 0.4) is 0 Å². The first-order valence-electron chi connectivity index (χ1n) is 9.10. The number of amides is 2. The third-order valence-electron chi connectivity index (χ3n) is 4.67. The maximum absolute atomic E-state index is 12.7. The molecule has 1 aliphatic rings. The molecule has 144 valence electrons. The van der Waals surface area contributed by atoms with Crippen molar-refractivity contribution in [3.8, 4) is 0 Å². The highest BCUT2D eigenvalue weighted by molar-refractivity contribution is 6.31. The Hall–Kier alpha value is -2.34. The topological polar surface area (TPSA) is 58.4 Å². The van der Waals surface area contributed by atoms with Crippen molar-refractivity contribution in [3.05, 3.63) is 52.8 Å². The maximum Gasteiger partial charge on any atom is 0.257 e. The summed E-state index contributed by atoms with van der Waals surface area (Å²) in [6, 6.07) is 7.59. The molecule has 1 aromatic heterocycles. The smallest absolute Gasteiger partial charge is 0.257 e.